The number of para-hydroxylation sites is 1. The summed E-state index contributed by atoms with van der Waals surface area (Å²) in [5.41, 5.74) is 7.60. The fraction of sp³-hybridized carbons (Fsp3) is 0.280. The third kappa shape index (κ3) is 4.79. The molecule has 2 radical (unpaired) electrons. The summed E-state index contributed by atoms with van der Waals surface area (Å²) in [7, 11) is 0. The van der Waals surface area contributed by atoms with Crippen molar-refractivity contribution in [1.82, 2.24) is 9.97 Å². The monoisotopic (exact) mass is 456 g/mol. The van der Waals surface area contributed by atoms with Gasteiger partial charge in [-0.1, -0.05) is 32.0 Å². The molecule has 0 bridgehead atoms. The number of hydrogen-bond donors (Lipinski definition) is 0. The molecule has 32 heavy (non-hydrogen) atoms. The molecule has 2 aromatic heterocycles. The molecule has 2 aromatic carbocycles. The van der Waals surface area contributed by atoms with Gasteiger partial charge in [-0.25, -0.2) is 9.97 Å². The summed E-state index contributed by atoms with van der Waals surface area (Å²) in [6.45, 7) is 10.5. The van der Waals surface area contributed by atoms with Crippen molar-refractivity contribution in [3.05, 3.63) is 70.5 Å². The van der Waals surface area contributed by atoms with E-state index in [1.165, 1.54) is 22.1 Å². The number of aromatic nitrogens is 2. The lowest BCUT2D eigenvalue weighted by molar-refractivity contribution is 0.419. The lowest BCUT2D eigenvalue weighted by Gasteiger charge is -2.15. The molecule has 0 aliphatic carbocycles. The second-order valence-electron chi connectivity index (χ2n) is 7.87. The maximum absolute atomic E-state index is 6.03. The van der Waals surface area contributed by atoms with Crippen LogP contribution in [0.15, 0.2) is 42.5 Å². The Morgan fingerprint density at radius 2 is 1.38 bits per heavy atom. The summed E-state index contributed by atoms with van der Waals surface area (Å²) < 4.78 is 17.8. The summed E-state index contributed by atoms with van der Waals surface area (Å²) >= 11 is -1.41. The van der Waals surface area contributed by atoms with Crippen molar-refractivity contribution in [2.75, 3.05) is 0 Å². The molecule has 0 N–H and O–H groups in total. The number of pyridine rings is 2. The van der Waals surface area contributed by atoms with Gasteiger partial charge in [0.25, 0.3) is 0 Å². The van der Waals surface area contributed by atoms with Crippen LogP contribution in [0, 0.1) is 20.8 Å². The van der Waals surface area contributed by atoms with Gasteiger partial charge in [-0.15, -0.1) is 0 Å². The highest BCUT2D eigenvalue weighted by molar-refractivity contribution is 6.35. The van der Waals surface area contributed by atoms with E-state index in [-0.39, 0.29) is 0 Å². The van der Waals surface area contributed by atoms with Crippen molar-refractivity contribution in [2.24, 2.45) is 0 Å². The molecule has 0 spiro atoms. The quantitative estimate of drug-likeness (QED) is 0.263. The van der Waals surface area contributed by atoms with Gasteiger partial charge in [0.2, 0.25) is 0 Å². The number of nitrogens with zero attached hydrogens (tertiary/aromatic N) is 2. The van der Waals surface area contributed by atoms with E-state index in [9.17, 15) is 0 Å². The van der Waals surface area contributed by atoms with Gasteiger partial charge in [0.1, 0.15) is 22.5 Å². The predicted octanol–water partition coefficient (Wildman–Crippen LogP) is 5.38. The normalized spacial score (nSPS) is 11.0. The largest absolute Gasteiger partial charge is 0.743 e. The summed E-state index contributed by atoms with van der Waals surface area (Å²) in [5.74, 6) is 1.54. The summed E-state index contributed by atoms with van der Waals surface area (Å²) in [6, 6.07) is 14.4. The molecule has 7 heteroatoms. The second kappa shape index (κ2) is 10.2. The second-order valence-corrected chi connectivity index (χ2v) is 9.82. The summed E-state index contributed by atoms with van der Waals surface area (Å²) in [4.78, 5) is 9.45. The zero-order valence-electron chi connectivity index (χ0n) is 19.2. The number of benzene rings is 2. The zero-order chi connectivity index (χ0) is 22.7. The standard InChI is InChI=1S/C13H15NO.C12H13NO.2Al.O/c1-4-10-7-9(3)14-13-11(15)6-5-8(2)12(10)13;1-3-9-7-8(2)13-12-10(9)5-4-6-11(12)14;;;/h5-7,15H,4H2,1-3H3;4-7,14H,3H2,1-2H3;;;/q;;2*+1;/p-2. The Morgan fingerprint density at radius 3 is 2.06 bits per heavy atom. The molecular formula is C25H26Al2N2O3. The average molecular weight is 456 g/mol. The molecule has 2 heterocycles. The third-order valence-corrected chi connectivity index (χ3v) is 7.17. The van der Waals surface area contributed by atoms with Crippen molar-refractivity contribution in [3.8, 4) is 11.5 Å². The van der Waals surface area contributed by atoms with Crippen molar-refractivity contribution in [1.29, 1.82) is 0 Å². The maximum atomic E-state index is 6.03. The fourth-order valence-corrected chi connectivity index (χ4v) is 5.31. The first-order valence-corrected chi connectivity index (χ1v) is 12.8. The minimum atomic E-state index is -0.707. The van der Waals surface area contributed by atoms with Crippen LogP contribution in [0.1, 0.15) is 41.9 Å². The van der Waals surface area contributed by atoms with Crippen molar-refractivity contribution >= 4 is 53.6 Å². The number of fused-ring (bicyclic) bond motifs is 2. The molecule has 0 aliphatic rings. The molecule has 0 saturated carbocycles. The fourth-order valence-electron chi connectivity index (χ4n) is 4.10. The zero-order valence-corrected chi connectivity index (χ0v) is 21.5. The first kappa shape index (κ1) is 23.1. The van der Waals surface area contributed by atoms with Gasteiger partial charge in [0.05, 0.1) is 0 Å². The molecule has 0 amide bonds. The van der Waals surface area contributed by atoms with Crippen LogP contribution < -0.4 is 7.58 Å². The van der Waals surface area contributed by atoms with Gasteiger partial charge in [0, 0.05) is 22.2 Å². The molecule has 4 rings (SSSR count). The number of hydrogen-bond acceptors (Lipinski definition) is 5. The molecule has 0 unspecified atom stereocenters. The van der Waals surface area contributed by atoms with E-state index < -0.39 is 31.8 Å². The highest BCUT2D eigenvalue weighted by Crippen LogP contribution is 2.30. The highest BCUT2D eigenvalue weighted by atomic mass is 27.3. The van der Waals surface area contributed by atoms with E-state index >= 15 is 0 Å². The van der Waals surface area contributed by atoms with Crippen LogP contribution in [-0.4, -0.2) is 41.7 Å². The third-order valence-electron chi connectivity index (χ3n) is 5.58. The molecular weight excluding hydrogens is 430 g/mol. The van der Waals surface area contributed by atoms with Gasteiger partial charge < -0.3 is 10.4 Å². The maximum Gasteiger partial charge on any atom is 0.743 e. The van der Waals surface area contributed by atoms with E-state index in [1.54, 1.807) is 0 Å². The Bertz CT molecular complexity index is 1280. The van der Waals surface area contributed by atoms with Gasteiger partial charge in [-0.05, 0) is 74.6 Å². The first-order chi connectivity index (χ1) is 15.5. The Hall–Kier alpha value is -2.12. The van der Waals surface area contributed by atoms with Gasteiger partial charge in [0.15, 0.2) is 0 Å². The smallest absolute Gasteiger partial charge is 0.626 e. The molecule has 4 aromatic rings. The summed E-state index contributed by atoms with van der Waals surface area (Å²) in [5, 5.41) is 2.32. The Morgan fingerprint density at radius 1 is 0.750 bits per heavy atom. The molecule has 0 saturated heterocycles. The van der Waals surface area contributed by atoms with Crippen LogP contribution in [0.4, 0.5) is 0 Å². The molecule has 0 aliphatic heterocycles. The number of aryl methyl sites for hydroxylation is 5. The van der Waals surface area contributed by atoms with Crippen molar-refractivity contribution < 1.29 is 10.4 Å². The lowest BCUT2D eigenvalue weighted by Crippen LogP contribution is -2.16. The topological polar surface area (TPSA) is 53.5 Å². The van der Waals surface area contributed by atoms with Crippen molar-refractivity contribution in [3.63, 3.8) is 0 Å². The van der Waals surface area contributed by atoms with Crippen LogP contribution in [0.5, 0.6) is 11.5 Å². The van der Waals surface area contributed by atoms with Crippen LogP contribution in [0.2, 0.25) is 0 Å². The van der Waals surface area contributed by atoms with Crippen LogP contribution in [0.3, 0.4) is 0 Å². The minimum Gasteiger partial charge on any atom is -0.626 e. The Kier molecular flexibility index (Phi) is 7.36. The van der Waals surface area contributed by atoms with E-state index in [2.05, 4.69) is 45.0 Å². The van der Waals surface area contributed by atoms with Crippen molar-refractivity contribution in [2.45, 2.75) is 47.5 Å². The van der Waals surface area contributed by atoms with Crippen LogP contribution >= 0.6 is 0 Å². The average Bonchev–Trinajstić information content (AvgIpc) is 2.79. The van der Waals surface area contributed by atoms with E-state index in [4.69, 9.17) is 20.4 Å². The molecule has 0 atom stereocenters. The molecule has 0 fully saturated rings. The predicted molar refractivity (Wildman–Crippen MR) is 130 cm³/mol. The molecule has 5 nitrogen and oxygen atoms in total. The SMILES string of the molecule is CCc1cc(C)nc2c([O][Al][O][Al][O]c3ccc(C)c4c(CC)cc(C)nc34)cccc12. The highest BCUT2D eigenvalue weighted by Gasteiger charge is 2.15. The van der Waals surface area contributed by atoms with Gasteiger partial charge in [-0.3, -0.25) is 0 Å². The Labute approximate surface area is 202 Å². The molecule has 160 valence electrons. The Balaban J connectivity index is 1.45. The first-order valence-electron chi connectivity index (χ1n) is 10.9. The van der Waals surface area contributed by atoms with Gasteiger partial charge in [-0.2, -0.15) is 0 Å². The summed E-state index contributed by atoms with van der Waals surface area (Å²) in [6.07, 6.45) is 1.92. The van der Waals surface area contributed by atoms with Crippen LogP contribution in [0.25, 0.3) is 21.8 Å². The van der Waals surface area contributed by atoms with E-state index in [0.29, 0.717) is 0 Å². The van der Waals surface area contributed by atoms with E-state index in [1.807, 2.05) is 32.0 Å². The number of rotatable bonds is 8. The van der Waals surface area contributed by atoms with Crippen LogP contribution in [-0.2, 0) is 15.7 Å². The van der Waals surface area contributed by atoms with Gasteiger partial charge >= 0.3 is 31.8 Å². The minimum absolute atomic E-state index is 0.705. The van der Waals surface area contributed by atoms with E-state index in [0.717, 1.165) is 52.1 Å². The lowest BCUT2D eigenvalue weighted by atomic mass is 10.0.